The SMILES string of the molecule is O=C(O)CC1CCN(C(=O)c2occc2Br)CC1. The Bertz CT molecular complexity index is 449. The van der Waals surface area contributed by atoms with E-state index in [1.54, 1.807) is 11.0 Å². The molecule has 1 fully saturated rings. The van der Waals surface area contributed by atoms with Crippen molar-refractivity contribution in [2.45, 2.75) is 19.3 Å². The number of carboxylic acid groups (broad SMARTS) is 1. The minimum absolute atomic E-state index is 0.138. The Kier molecular flexibility index (Phi) is 4.06. The van der Waals surface area contributed by atoms with Crippen LogP contribution in [0.25, 0.3) is 0 Å². The number of carbonyl (C=O) groups excluding carboxylic acids is 1. The summed E-state index contributed by atoms with van der Waals surface area (Å²) >= 11 is 3.26. The molecule has 5 nitrogen and oxygen atoms in total. The van der Waals surface area contributed by atoms with Crippen LogP contribution < -0.4 is 0 Å². The average molecular weight is 316 g/mol. The number of nitrogens with zero attached hydrogens (tertiary/aromatic N) is 1. The highest BCUT2D eigenvalue weighted by molar-refractivity contribution is 9.10. The number of aliphatic carboxylic acids is 1. The molecule has 0 spiro atoms. The van der Waals surface area contributed by atoms with Crippen LogP contribution in [0.15, 0.2) is 21.2 Å². The second-order valence-electron chi connectivity index (χ2n) is 4.43. The normalized spacial score (nSPS) is 16.8. The molecule has 0 saturated carbocycles. The van der Waals surface area contributed by atoms with Gasteiger partial charge in [0.2, 0.25) is 5.76 Å². The van der Waals surface area contributed by atoms with E-state index in [0.717, 1.165) is 12.8 Å². The number of likely N-dealkylation sites (tertiary alicyclic amines) is 1. The van der Waals surface area contributed by atoms with Crippen LogP contribution in [0.5, 0.6) is 0 Å². The zero-order valence-corrected chi connectivity index (χ0v) is 11.4. The van der Waals surface area contributed by atoms with Crippen molar-refractivity contribution in [3.8, 4) is 0 Å². The molecule has 0 bridgehead atoms. The molecule has 0 radical (unpaired) electrons. The number of piperidine rings is 1. The Morgan fingerprint density at radius 1 is 1.44 bits per heavy atom. The van der Waals surface area contributed by atoms with E-state index in [4.69, 9.17) is 9.52 Å². The Morgan fingerprint density at radius 2 is 2.11 bits per heavy atom. The fraction of sp³-hybridized carbons (Fsp3) is 0.500. The van der Waals surface area contributed by atoms with Gasteiger partial charge in [0, 0.05) is 19.5 Å². The van der Waals surface area contributed by atoms with Crippen LogP contribution in [0.2, 0.25) is 0 Å². The molecule has 1 aromatic rings. The maximum atomic E-state index is 12.1. The number of carbonyl (C=O) groups is 2. The molecule has 6 heteroatoms. The van der Waals surface area contributed by atoms with Gasteiger partial charge in [0.05, 0.1) is 10.7 Å². The van der Waals surface area contributed by atoms with Crippen molar-refractivity contribution < 1.29 is 19.1 Å². The molecule has 0 unspecified atom stereocenters. The quantitative estimate of drug-likeness (QED) is 0.929. The summed E-state index contributed by atoms with van der Waals surface area (Å²) in [6.07, 6.45) is 3.12. The van der Waals surface area contributed by atoms with Gasteiger partial charge in [-0.2, -0.15) is 0 Å². The molecule has 1 N–H and O–H groups in total. The molecule has 2 rings (SSSR count). The standard InChI is InChI=1S/C12H14BrNO4/c13-9-3-6-18-11(9)12(17)14-4-1-8(2-5-14)7-10(15)16/h3,6,8H,1-2,4-5,7H2,(H,15,16). The summed E-state index contributed by atoms with van der Waals surface area (Å²) in [7, 11) is 0. The maximum absolute atomic E-state index is 12.1. The van der Waals surface area contributed by atoms with E-state index in [-0.39, 0.29) is 18.2 Å². The molecule has 0 atom stereocenters. The lowest BCUT2D eigenvalue weighted by Crippen LogP contribution is -2.38. The van der Waals surface area contributed by atoms with Gasteiger partial charge in [-0.05, 0) is 40.8 Å². The summed E-state index contributed by atoms with van der Waals surface area (Å²) in [6.45, 7) is 1.17. The summed E-state index contributed by atoms with van der Waals surface area (Å²) in [6, 6.07) is 1.68. The summed E-state index contributed by atoms with van der Waals surface area (Å²) < 4.78 is 5.79. The van der Waals surface area contributed by atoms with Crippen LogP contribution >= 0.6 is 15.9 Å². The lowest BCUT2D eigenvalue weighted by molar-refractivity contribution is -0.138. The average Bonchev–Trinajstić information content (AvgIpc) is 2.75. The highest BCUT2D eigenvalue weighted by atomic mass is 79.9. The van der Waals surface area contributed by atoms with Gasteiger partial charge in [0.15, 0.2) is 0 Å². The molecule has 1 aromatic heterocycles. The molecule has 98 valence electrons. The summed E-state index contributed by atoms with van der Waals surface area (Å²) in [5.74, 6) is -0.424. The van der Waals surface area contributed by atoms with Crippen molar-refractivity contribution in [3.63, 3.8) is 0 Å². The molecular weight excluding hydrogens is 302 g/mol. The lowest BCUT2D eigenvalue weighted by Gasteiger charge is -2.30. The van der Waals surface area contributed by atoms with Gasteiger partial charge in [-0.1, -0.05) is 0 Å². The Labute approximate surface area is 113 Å². The first-order chi connectivity index (χ1) is 8.58. The molecule has 1 aliphatic heterocycles. The number of carboxylic acids is 1. The van der Waals surface area contributed by atoms with Crippen molar-refractivity contribution in [1.82, 2.24) is 4.90 Å². The first kappa shape index (κ1) is 13.1. The van der Waals surface area contributed by atoms with E-state index in [1.165, 1.54) is 6.26 Å². The zero-order chi connectivity index (χ0) is 13.1. The van der Waals surface area contributed by atoms with Gasteiger partial charge in [-0.15, -0.1) is 0 Å². The number of amides is 1. The fourth-order valence-electron chi connectivity index (χ4n) is 2.18. The van der Waals surface area contributed by atoms with Gasteiger partial charge in [0.1, 0.15) is 0 Å². The number of furan rings is 1. The van der Waals surface area contributed by atoms with Gasteiger partial charge >= 0.3 is 5.97 Å². The predicted octanol–water partition coefficient (Wildman–Crippen LogP) is 2.37. The summed E-state index contributed by atoms with van der Waals surface area (Å²) in [4.78, 5) is 24.4. The number of hydrogen-bond donors (Lipinski definition) is 1. The third kappa shape index (κ3) is 2.93. The highest BCUT2D eigenvalue weighted by Crippen LogP contribution is 2.24. The second kappa shape index (κ2) is 5.56. The Morgan fingerprint density at radius 3 is 2.61 bits per heavy atom. The van der Waals surface area contributed by atoms with Crippen LogP contribution in [-0.4, -0.2) is 35.0 Å². The van der Waals surface area contributed by atoms with Crippen LogP contribution in [0, 0.1) is 5.92 Å². The van der Waals surface area contributed by atoms with Crippen molar-refractivity contribution in [3.05, 3.63) is 22.6 Å². The van der Waals surface area contributed by atoms with E-state index < -0.39 is 5.97 Å². The highest BCUT2D eigenvalue weighted by Gasteiger charge is 2.27. The van der Waals surface area contributed by atoms with Crippen LogP contribution in [0.3, 0.4) is 0 Å². The third-order valence-corrected chi connectivity index (χ3v) is 3.80. The molecule has 1 aliphatic rings. The topological polar surface area (TPSA) is 70.8 Å². The molecule has 2 heterocycles. The van der Waals surface area contributed by atoms with E-state index in [9.17, 15) is 9.59 Å². The largest absolute Gasteiger partial charge is 0.481 e. The second-order valence-corrected chi connectivity index (χ2v) is 5.29. The van der Waals surface area contributed by atoms with Crippen LogP contribution in [0.4, 0.5) is 0 Å². The Hall–Kier alpha value is -1.30. The van der Waals surface area contributed by atoms with Crippen molar-refractivity contribution >= 4 is 27.8 Å². The monoisotopic (exact) mass is 315 g/mol. The van der Waals surface area contributed by atoms with Crippen molar-refractivity contribution in [2.75, 3.05) is 13.1 Å². The maximum Gasteiger partial charge on any atom is 0.303 e. The first-order valence-corrected chi connectivity index (χ1v) is 6.61. The fourth-order valence-corrected chi connectivity index (χ4v) is 2.55. The van der Waals surface area contributed by atoms with E-state index in [2.05, 4.69) is 15.9 Å². The van der Waals surface area contributed by atoms with Crippen molar-refractivity contribution in [1.29, 1.82) is 0 Å². The van der Waals surface area contributed by atoms with Crippen LogP contribution in [0.1, 0.15) is 29.8 Å². The number of hydrogen-bond acceptors (Lipinski definition) is 3. The minimum Gasteiger partial charge on any atom is -0.481 e. The zero-order valence-electron chi connectivity index (χ0n) is 9.76. The Balaban J connectivity index is 1.92. The molecule has 0 aromatic carbocycles. The molecule has 1 amide bonds. The van der Waals surface area contributed by atoms with Crippen molar-refractivity contribution in [2.24, 2.45) is 5.92 Å². The molecule has 18 heavy (non-hydrogen) atoms. The third-order valence-electron chi connectivity index (χ3n) is 3.18. The van der Waals surface area contributed by atoms with Gasteiger partial charge in [0.25, 0.3) is 5.91 Å². The summed E-state index contributed by atoms with van der Waals surface area (Å²) in [5.41, 5.74) is 0. The smallest absolute Gasteiger partial charge is 0.303 e. The number of rotatable bonds is 3. The van der Waals surface area contributed by atoms with E-state index in [0.29, 0.717) is 23.3 Å². The molecule has 1 saturated heterocycles. The van der Waals surface area contributed by atoms with Gasteiger partial charge in [-0.3, -0.25) is 9.59 Å². The summed E-state index contributed by atoms with van der Waals surface area (Å²) in [5, 5.41) is 8.73. The first-order valence-electron chi connectivity index (χ1n) is 5.82. The van der Waals surface area contributed by atoms with Crippen LogP contribution in [-0.2, 0) is 4.79 Å². The van der Waals surface area contributed by atoms with Gasteiger partial charge < -0.3 is 14.4 Å². The van der Waals surface area contributed by atoms with E-state index in [1.807, 2.05) is 0 Å². The molecule has 0 aliphatic carbocycles. The molecular formula is C12H14BrNO4. The lowest BCUT2D eigenvalue weighted by atomic mass is 9.93. The predicted molar refractivity (Wildman–Crippen MR) is 67.3 cm³/mol. The number of halogens is 1. The van der Waals surface area contributed by atoms with Gasteiger partial charge in [-0.25, -0.2) is 0 Å². The minimum atomic E-state index is -0.770. The van der Waals surface area contributed by atoms with E-state index >= 15 is 0 Å².